The van der Waals surface area contributed by atoms with Crippen molar-refractivity contribution in [1.29, 1.82) is 0 Å². The van der Waals surface area contributed by atoms with Crippen molar-refractivity contribution in [3.63, 3.8) is 0 Å². The maximum Gasteiger partial charge on any atom is 0.491 e. The number of nitrogens with one attached hydrogen (secondary N) is 1. The van der Waals surface area contributed by atoms with Gasteiger partial charge in [0.05, 0.1) is 6.54 Å². The number of fused-ring (bicyclic) bond motifs is 1. The van der Waals surface area contributed by atoms with Crippen LogP contribution in [0.15, 0.2) is 42.5 Å². The Bertz CT molecular complexity index is 1630. The number of alkyl halides is 6. The fourth-order valence-electron chi connectivity index (χ4n) is 6.79. The molecule has 1 N–H and O–H groups in total. The quantitative estimate of drug-likeness (QED) is 0.199. The van der Waals surface area contributed by atoms with E-state index in [9.17, 15) is 40.7 Å². The molecular weight excluding hydrogens is 646 g/mol. The summed E-state index contributed by atoms with van der Waals surface area (Å²) in [6.07, 6.45) is -9.63. The third kappa shape index (κ3) is 7.31. The lowest BCUT2D eigenvalue weighted by atomic mass is 9.84. The first-order valence-electron chi connectivity index (χ1n) is 15.5. The average Bonchev–Trinajstić information content (AvgIpc) is 3.28. The topological polar surface area (TPSA) is 95.2 Å². The minimum Gasteiger partial charge on any atom is -0.395 e. The molecule has 260 valence electrons. The molecule has 0 radical (unpaired) electrons. The molecule has 2 saturated heterocycles. The number of esters is 2. The molecule has 3 heterocycles. The average molecular weight is 683 g/mol. The fraction of sp³-hybridized carbons (Fsp3) is 0.485. The van der Waals surface area contributed by atoms with Crippen LogP contribution in [-0.4, -0.2) is 95.6 Å². The van der Waals surface area contributed by atoms with Crippen LogP contribution in [0.4, 0.5) is 26.3 Å². The smallest absolute Gasteiger partial charge is 0.395 e. The lowest BCUT2D eigenvalue weighted by molar-refractivity contribution is -0.307. The summed E-state index contributed by atoms with van der Waals surface area (Å²) in [6.45, 7) is 4.34. The molecule has 3 aromatic rings. The summed E-state index contributed by atoms with van der Waals surface area (Å²) in [5.41, 5.74) is 4.55. The number of benzene rings is 2. The van der Waals surface area contributed by atoms with E-state index in [0.717, 1.165) is 12.8 Å². The second kappa shape index (κ2) is 13.4. The zero-order valence-corrected chi connectivity index (χ0v) is 26.6. The number of aromatic amines is 1. The van der Waals surface area contributed by atoms with Crippen LogP contribution in [0, 0.1) is 13.8 Å². The van der Waals surface area contributed by atoms with Crippen molar-refractivity contribution < 1.29 is 50.2 Å². The zero-order chi connectivity index (χ0) is 35.0. The molecule has 5 rings (SSSR count). The van der Waals surface area contributed by atoms with Gasteiger partial charge < -0.3 is 14.5 Å². The summed E-state index contributed by atoms with van der Waals surface area (Å²) in [5, 5.41) is 0.620. The van der Waals surface area contributed by atoms with Gasteiger partial charge in [-0.2, -0.15) is 26.3 Å². The van der Waals surface area contributed by atoms with Gasteiger partial charge >= 0.3 is 30.2 Å². The fourth-order valence-corrected chi connectivity index (χ4v) is 6.79. The van der Waals surface area contributed by atoms with Gasteiger partial charge in [0.25, 0.3) is 5.91 Å². The first-order chi connectivity index (χ1) is 22.5. The molecule has 2 aliphatic rings. The summed E-state index contributed by atoms with van der Waals surface area (Å²) < 4.78 is 90.0. The number of hydrogen-bond donors (Lipinski definition) is 1. The third-order valence-corrected chi connectivity index (χ3v) is 8.96. The molecule has 2 aromatic carbocycles. The number of hydrogen-bond acceptors (Lipinski definition) is 7. The van der Waals surface area contributed by atoms with E-state index in [4.69, 9.17) is 0 Å². The largest absolute Gasteiger partial charge is 0.491 e. The molecule has 1 amide bonds. The van der Waals surface area contributed by atoms with E-state index in [1.54, 1.807) is 24.3 Å². The molecule has 0 spiro atoms. The summed E-state index contributed by atoms with van der Waals surface area (Å²) >= 11 is 0. The lowest BCUT2D eigenvalue weighted by Gasteiger charge is -2.41. The van der Waals surface area contributed by atoms with E-state index in [1.165, 1.54) is 28.6 Å². The van der Waals surface area contributed by atoms with Gasteiger partial charge in [-0.3, -0.25) is 19.5 Å². The zero-order valence-electron chi connectivity index (χ0n) is 26.6. The van der Waals surface area contributed by atoms with E-state index < -0.39 is 49.2 Å². The second-order valence-electron chi connectivity index (χ2n) is 12.4. The normalized spacial score (nSPS) is 18.5. The number of amides is 1. The van der Waals surface area contributed by atoms with Crippen LogP contribution in [0.3, 0.4) is 0 Å². The number of piperidine rings is 1. The summed E-state index contributed by atoms with van der Waals surface area (Å²) in [7, 11) is 1.32. The number of carbonyl (C=O) groups excluding carboxylic acids is 3. The van der Waals surface area contributed by atoms with Crippen LogP contribution in [-0.2, 0) is 25.6 Å². The van der Waals surface area contributed by atoms with Crippen LogP contribution in [0.2, 0.25) is 0 Å². The Morgan fingerprint density at radius 2 is 1.44 bits per heavy atom. The van der Waals surface area contributed by atoms with Crippen LogP contribution in [0.1, 0.15) is 57.9 Å². The molecule has 0 aliphatic carbocycles. The van der Waals surface area contributed by atoms with Gasteiger partial charge in [0, 0.05) is 29.6 Å². The Labute approximate surface area is 272 Å². The summed E-state index contributed by atoms with van der Waals surface area (Å²) in [5.74, 6) is -10.00. The van der Waals surface area contributed by atoms with E-state index in [1.807, 2.05) is 6.07 Å². The van der Waals surface area contributed by atoms with Crippen molar-refractivity contribution in [2.75, 3.05) is 39.8 Å². The number of ether oxygens (including phenoxy) is 2. The summed E-state index contributed by atoms with van der Waals surface area (Å²) in [4.78, 5) is 45.5. The Kier molecular flexibility index (Phi) is 9.84. The van der Waals surface area contributed by atoms with Crippen molar-refractivity contribution in [2.24, 2.45) is 0 Å². The van der Waals surface area contributed by atoms with Crippen molar-refractivity contribution in [3.05, 3.63) is 70.4 Å². The maximum atomic E-state index is 14.4. The highest BCUT2D eigenvalue weighted by molar-refractivity contribution is 6.01. The highest BCUT2D eigenvalue weighted by Crippen LogP contribution is 2.36. The van der Waals surface area contributed by atoms with Gasteiger partial charge in [0.2, 0.25) is 0 Å². The van der Waals surface area contributed by atoms with Crippen LogP contribution < -0.4 is 0 Å². The Morgan fingerprint density at radius 3 is 2.02 bits per heavy atom. The van der Waals surface area contributed by atoms with Gasteiger partial charge in [0.1, 0.15) is 5.69 Å². The molecule has 2 aliphatic heterocycles. The Morgan fingerprint density at radius 1 is 0.854 bits per heavy atom. The van der Waals surface area contributed by atoms with Crippen molar-refractivity contribution in [2.45, 2.75) is 63.8 Å². The summed E-state index contributed by atoms with van der Waals surface area (Å²) in [6, 6.07) is 13.0. The molecule has 1 aromatic heterocycles. The monoisotopic (exact) mass is 682 g/mol. The number of likely N-dealkylation sites (tertiary alicyclic amines) is 1. The third-order valence-electron chi connectivity index (χ3n) is 8.96. The van der Waals surface area contributed by atoms with Gasteiger partial charge in [-0.15, -0.1) is 0 Å². The Balaban J connectivity index is 1.51. The number of halogens is 6. The number of H-pyrrole nitrogens is 1. The van der Waals surface area contributed by atoms with E-state index in [-0.39, 0.29) is 25.2 Å². The Hall–Kier alpha value is -4.11. The molecule has 0 bridgehead atoms. The van der Waals surface area contributed by atoms with Gasteiger partial charge in [-0.05, 0) is 88.5 Å². The van der Waals surface area contributed by atoms with Crippen LogP contribution in [0.5, 0.6) is 0 Å². The van der Waals surface area contributed by atoms with E-state index >= 15 is 0 Å². The van der Waals surface area contributed by atoms with Gasteiger partial charge in [-0.1, -0.05) is 36.4 Å². The number of para-hydroxylation sites is 1. The van der Waals surface area contributed by atoms with Gasteiger partial charge in [0.15, 0.2) is 0 Å². The molecule has 0 unspecified atom stereocenters. The number of nitrogens with zero attached hydrogens (tertiary/aromatic N) is 3. The predicted molar refractivity (Wildman–Crippen MR) is 162 cm³/mol. The minimum absolute atomic E-state index is 0.0541. The highest BCUT2D eigenvalue weighted by Gasteiger charge is 2.58. The molecule has 15 heteroatoms. The second-order valence-corrected chi connectivity index (χ2v) is 12.4. The molecule has 9 nitrogen and oxygen atoms in total. The van der Waals surface area contributed by atoms with Crippen LogP contribution in [0.25, 0.3) is 10.9 Å². The molecule has 2 fully saturated rings. The molecule has 0 saturated carbocycles. The molecule has 0 atom stereocenters. The number of aryl methyl sites for hydroxylation is 2. The first-order valence-corrected chi connectivity index (χ1v) is 15.5. The van der Waals surface area contributed by atoms with Gasteiger partial charge in [-0.25, -0.2) is 9.59 Å². The van der Waals surface area contributed by atoms with Crippen molar-refractivity contribution in [3.8, 4) is 0 Å². The van der Waals surface area contributed by atoms with E-state index in [0.29, 0.717) is 40.4 Å². The maximum absolute atomic E-state index is 14.4. The SMILES string of the molecule is Cc1cccc(C)c1C1CCN(Cc2c(C(=O)N3CCCN(C)CC3(OC(=O)C(F)(F)F)OC(=O)C(F)(F)F)[nH]c3ccccc23)CC1. The minimum atomic E-state index is -5.67. The number of carbonyl (C=O) groups is 3. The molecular formula is C33H36F6N4O5. The number of rotatable bonds is 6. The standard InChI is InChI=1S/C33H36F6N4O5/c1-20-8-6-9-21(2)26(20)22-12-16-42(17-13-22)18-24-23-10-4-5-11-25(23)40-27(24)28(44)43-15-7-14-41(3)19-31(43,47-29(45)32(34,35)36)48-30(46)33(37,38)39/h4-6,8-11,22,40H,7,12-19H2,1-3H3. The number of aromatic nitrogens is 1. The lowest BCUT2D eigenvalue weighted by Crippen LogP contribution is -2.63. The first kappa shape index (κ1) is 35.2. The van der Waals surface area contributed by atoms with Crippen LogP contribution >= 0.6 is 0 Å². The molecule has 48 heavy (non-hydrogen) atoms. The number of likely N-dealkylation sites (N-methyl/N-ethyl adjacent to an activating group) is 1. The predicted octanol–water partition coefficient (Wildman–Crippen LogP) is 5.81. The van der Waals surface area contributed by atoms with Crippen molar-refractivity contribution >= 4 is 28.7 Å². The van der Waals surface area contributed by atoms with Crippen molar-refractivity contribution in [1.82, 2.24) is 19.7 Å². The van der Waals surface area contributed by atoms with E-state index in [2.05, 4.69) is 45.3 Å². The highest BCUT2D eigenvalue weighted by atomic mass is 19.4.